The second kappa shape index (κ2) is 20.3. The fraction of sp³-hybridized carbons (Fsp3) is 0.125. The number of nitrogens with zero attached hydrogens (tertiary/aromatic N) is 5. The summed E-state index contributed by atoms with van der Waals surface area (Å²) in [6.07, 6.45) is 1.64. The van der Waals surface area contributed by atoms with Crippen molar-refractivity contribution in [2.75, 3.05) is 16.4 Å². The van der Waals surface area contributed by atoms with Gasteiger partial charge in [-0.3, -0.25) is 18.2 Å². The second-order valence-corrected chi connectivity index (χ2v) is 17.1. The molecule has 1 aromatic heterocycles. The molecule has 0 saturated heterocycles. The molecule has 0 bridgehead atoms. The molecule has 0 aliphatic carbocycles. The first-order valence-electron chi connectivity index (χ1n) is 16.0. The number of hydrogen-bond donors (Lipinski definition) is 6. The summed E-state index contributed by atoms with van der Waals surface area (Å²) in [5, 5.41) is 39.8. The zero-order valence-corrected chi connectivity index (χ0v) is 34.3. The number of aromatic hydroxyl groups is 1. The first-order valence-corrected chi connectivity index (χ1v) is 22.1. The van der Waals surface area contributed by atoms with E-state index in [0.29, 0.717) is 33.3 Å². The molecule has 21 nitrogen and oxygen atoms in total. The van der Waals surface area contributed by atoms with Crippen LogP contribution in [-0.4, -0.2) is 67.2 Å². The van der Waals surface area contributed by atoms with Crippen LogP contribution in [0.3, 0.4) is 0 Å². The van der Waals surface area contributed by atoms with Crippen LogP contribution >= 0.6 is 35.4 Å². The number of aromatic nitrogens is 3. The molecule has 27 heteroatoms. The molecule has 1 atom stereocenters. The van der Waals surface area contributed by atoms with Crippen LogP contribution in [0.15, 0.2) is 96.5 Å². The van der Waals surface area contributed by atoms with E-state index in [0.717, 1.165) is 30.7 Å². The smallest absolute Gasteiger partial charge is 0.432 e. The topological polar surface area (TPSA) is 308 Å². The zero-order valence-electron chi connectivity index (χ0n) is 29.5. The number of fused-ring (bicyclic) bond motifs is 1. The third-order valence-electron chi connectivity index (χ3n) is 7.07. The van der Waals surface area contributed by atoms with Crippen molar-refractivity contribution in [3.8, 4) is 16.9 Å². The van der Waals surface area contributed by atoms with Crippen molar-refractivity contribution in [2.45, 2.75) is 39.3 Å². The van der Waals surface area contributed by atoms with Gasteiger partial charge in [0, 0.05) is 37.4 Å². The molecule has 1 heterocycles. The number of anilines is 4. The maximum absolute atomic E-state index is 12.6. The number of thioether (sulfide) groups is 1. The second-order valence-electron chi connectivity index (χ2n) is 11.2. The van der Waals surface area contributed by atoms with E-state index in [-0.39, 0.29) is 44.2 Å². The number of phenols is 1. The molecule has 59 heavy (non-hydrogen) atoms. The lowest BCUT2D eigenvalue weighted by Crippen LogP contribution is -2.08. The molecule has 0 fully saturated rings. The number of carbonyl (C=O) groups is 1. The van der Waals surface area contributed by atoms with Gasteiger partial charge in [-0.05, 0) is 105 Å². The monoisotopic (exact) mass is 927 g/mol. The van der Waals surface area contributed by atoms with E-state index >= 15 is 0 Å². The molecule has 4 aromatic carbocycles. The average Bonchev–Trinajstić information content (AvgIpc) is 3.17. The fourth-order valence-electron chi connectivity index (χ4n) is 4.69. The Balaban J connectivity index is 1.48. The highest BCUT2D eigenvalue weighted by Crippen LogP contribution is 2.46. The van der Waals surface area contributed by atoms with Gasteiger partial charge in [-0.1, -0.05) is 24.4 Å². The first-order chi connectivity index (χ1) is 28.0. The van der Waals surface area contributed by atoms with Crippen LogP contribution in [0.25, 0.3) is 10.8 Å². The van der Waals surface area contributed by atoms with Gasteiger partial charge in [0.05, 0.1) is 34.2 Å². The number of carbonyl (C=O) groups excluding carboxylic acids is 1. The van der Waals surface area contributed by atoms with E-state index in [9.17, 15) is 35.5 Å². The molecule has 5 rings (SSSR count). The molecule has 0 aliphatic rings. The van der Waals surface area contributed by atoms with E-state index < -0.39 is 53.6 Å². The molecule has 5 aromatic rings. The van der Waals surface area contributed by atoms with Crippen molar-refractivity contribution in [3.05, 3.63) is 72.0 Å². The summed E-state index contributed by atoms with van der Waals surface area (Å²) in [6, 6.07) is 16.2. The minimum atomic E-state index is -5.04. The molecule has 0 radical (unpaired) electrons. The molecule has 1 unspecified atom stereocenters. The van der Waals surface area contributed by atoms with E-state index in [1.54, 1.807) is 36.4 Å². The van der Waals surface area contributed by atoms with Crippen molar-refractivity contribution < 1.29 is 63.9 Å². The fourth-order valence-corrected chi connectivity index (χ4v) is 7.92. The lowest BCUT2D eigenvalue weighted by atomic mass is 10.1. The standard InChI is InChI=1S/C32H26ClN7O14S5/c1-2-3-13-57(44)23-9-7-19(8-10-23)39-40-28-25(58(45,46)47)15-18-14-22(56-53-52-43)17-24(27(18)29(28)42)35-32-37-30(33)36-31(38-32)34-20-5-4-6-21(16-20)55-12-11-26(41)51-54-59(48,49)50/h4-10,14-17,42-43H,2-3,13H2,1H3,(H,45,46,47)(H,48,49,50)(H2,34,35,36,37,38). The molecule has 310 valence electrons. The van der Waals surface area contributed by atoms with E-state index in [1.807, 2.05) is 12.8 Å². The number of unbranched alkanes of at least 4 members (excludes halogenated alkanes) is 1. The van der Waals surface area contributed by atoms with Gasteiger partial charge in [-0.15, -0.1) is 9.45 Å². The van der Waals surface area contributed by atoms with Crippen molar-refractivity contribution in [1.29, 1.82) is 0 Å². The maximum atomic E-state index is 12.6. The molecule has 0 amide bonds. The Morgan fingerprint density at radius 3 is 2.37 bits per heavy atom. The van der Waals surface area contributed by atoms with E-state index in [4.69, 9.17) is 21.4 Å². The predicted molar refractivity (Wildman–Crippen MR) is 213 cm³/mol. The van der Waals surface area contributed by atoms with E-state index in [2.05, 4.69) is 59.7 Å². The zero-order chi connectivity index (χ0) is 42.7. The summed E-state index contributed by atoms with van der Waals surface area (Å²) < 4.78 is 85.4. The Kier molecular flexibility index (Phi) is 15.5. The normalized spacial score (nSPS) is 12.2. The van der Waals surface area contributed by atoms with Crippen LogP contribution in [0.4, 0.5) is 34.6 Å². The lowest BCUT2D eigenvalue weighted by molar-refractivity contribution is -0.432. The third kappa shape index (κ3) is 13.2. The highest BCUT2D eigenvalue weighted by atomic mass is 35.5. The molecule has 6 N–H and O–H groups in total. The van der Waals surface area contributed by atoms with Crippen molar-refractivity contribution in [2.24, 2.45) is 10.2 Å². The van der Waals surface area contributed by atoms with Gasteiger partial charge in [0.2, 0.25) is 17.2 Å². The van der Waals surface area contributed by atoms with Gasteiger partial charge in [-0.25, -0.2) is 10.1 Å². The highest BCUT2D eigenvalue weighted by molar-refractivity contribution is 8.04. The summed E-state index contributed by atoms with van der Waals surface area (Å²) in [5.74, 6) is -0.0609. The van der Waals surface area contributed by atoms with Gasteiger partial charge in [0.25, 0.3) is 10.1 Å². The Labute approximate surface area is 350 Å². The Hall–Kier alpha value is -5.02. The lowest BCUT2D eigenvalue weighted by Gasteiger charge is -2.15. The SMILES string of the molecule is CCCCS(=O)c1ccc(N=Nc2c(S(=O)(=O)O)cc3cc(SOOO)cc(Nc4nc(Cl)nc(Nc5cccc(SC#CC(=O)OOS(=O)(=O)O)c5)n4)c3c2O)cc1. The summed E-state index contributed by atoms with van der Waals surface area (Å²) in [4.78, 5) is 28.1. The maximum Gasteiger partial charge on any atom is 0.432 e. The average molecular weight is 928 g/mol. The van der Waals surface area contributed by atoms with Crippen molar-refractivity contribution in [1.82, 2.24) is 15.0 Å². The van der Waals surface area contributed by atoms with Crippen LogP contribution in [0.2, 0.25) is 5.28 Å². The first kappa shape index (κ1) is 45.1. The van der Waals surface area contributed by atoms with Crippen molar-refractivity contribution >= 4 is 118 Å². The molecule has 0 aliphatic heterocycles. The summed E-state index contributed by atoms with van der Waals surface area (Å²) >= 11 is 7.54. The molecule has 0 saturated carbocycles. The van der Waals surface area contributed by atoms with Crippen LogP contribution < -0.4 is 10.6 Å². The van der Waals surface area contributed by atoms with Gasteiger partial charge < -0.3 is 15.7 Å². The Bertz CT molecular complexity index is 2720. The third-order valence-corrected chi connectivity index (χ3v) is 11.1. The van der Waals surface area contributed by atoms with Crippen LogP contribution in [-0.2, 0) is 54.7 Å². The largest absolute Gasteiger partial charge is 0.505 e. The summed E-state index contributed by atoms with van der Waals surface area (Å²) in [5.41, 5.74) is -0.0568. The number of rotatable bonds is 17. The van der Waals surface area contributed by atoms with Gasteiger partial charge in [0.15, 0.2) is 5.75 Å². The van der Waals surface area contributed by atoms with Crippen molar-refractivity contribution in [3.63, 3.8) is 0 Å². The number of azo groups is 1. The molecular weight excluding hydrogens is 902 g/mol. The van der Waals surface area contributed by atoms with Gasteiger partial charge >= 0.3 is 16.4 Å². The minimum absolute atomic E-state index is 0.00263. The van der Waals surface area contributed by atoms with Crippen LogP contribution in [0, 0.1) is 11.2 Å². The number of nitrogens with one attached hydrogen (secondary N) is 2. The van der Waals surface area contributed by atoms with Gasteiger partial charge in [-0.2, -0.15) is 36.9 Å². The van der Waals surface area contributed by atoms with Crippen LogP contribution in [0.1, 0.15) is 19.8 Å². The number of halogens is 1. The minimum Gasteiger partial charge on any atom is -0.505 e. The van der Waals surface area contributed by atoms with Gasteiger partial charge in [0.1, 0.15) is 10.6 Å². The predicted octanol–water partition coefficient (Wildman–Crippen LogP) is 7.20. The number of phenolic OH excluding ortho intramolecular Hbond substituents is 1. The highest BCUT2D eigenvalue weighted by Gasteiger charge is 2.25. The number of benzene rings is 4. The summed E-state index contributed by atoms with van der Waals surface area (Å²) in [6.45, 7) is 1.98. The quantitative estimate of drug-likeness (QED) is 0.0102. The van der Waals surface area contributed by atoms with E-state index in [1.165, 1.54) is 24.3 Å². The molecular formula is C32H26ClN7O14S5. The Morgan fingerprint density at radius 1 is 0.966 bits per heavy atom. The molecule has 0 spiro atoms. The number of hydrogen-bond acceptors (Lipinski definition) is 21. The van der Waals surface area contributed by atoms with Crippen LogP contribution in [0.5, 0.6) is 5.75 Å². The Morgan fingerprint density at radius 2 is 1.69 bits per heavy atom. The summed E-state index contributed by atoms with van der Waals surface area (Å²) in [7, 11) is -11.3.